The van der Waals surface area contributed by atoms with Crippen LogP contribution in [-0.4, -0.2) is 33.7 Å². The Morgan fingerprint density at radius 3 is 1.88 bits per heavy atom. The van der Waals surface area contributed by atoms with Crippen molar-refractivity contribution in [3.05, 3.63) is 35.4 Å². The van der Waals surface area contributed by atoms with Gasteiger partial charge < -0.3 is 4.90 Å². The minimum atomic E-state index is 0.688. The highest BCUT2D eigenvalue weighted by atomic mass is 15.1. The molecule has 0 N–H and O–H groups in total. The van der Waals surface area contributed by atoms with Crippen molar-refractivity contribution in [2.24, 2.45) is 0 Å². The molecule has 3 heteroatoms. The zero-order valence-electron chi connectivity index (χ0n) is 10.2. The average molecular weight is 211 g/mol. The van der Waals surface area contributed by atoms with E-state index in [1.807, 2.05) is 0 Å². The molecule has 0 fully saturated rings. The van der Waals surface area contributed by atoms with Gasteiger partial charge in [-0.25, -0.2) is 0 Å². The third-order valence-corrected chi connectivity index (χ3v) is 2.73. The first-order valence-corrected chi connectivity index (χ1v) is 6.00. The average Bonchev–Trinajstić information content (AvgIpc) is 2.31. The van der Waals surface area contributed by atoms with E-state index in [1.165, 1.54) is 11.1 Å². The molecule has 4 radical (unpaired) electrons. The summed E-state index contributed by atoms with van der Waals surface area (Å²) < 4.78 is 0. The molecule has 1 rings (SSSR count). The van der Waals surface area contributed by atoms with Gasteiger partial charge in [0.2, 0.25) is 0 Å². The lowest BCUT2D eigenvalue weighted by atomic mass is 10.0. The van der Waals surface area contributed by atoms with Crippen LogP contribution in [0.25, 0.3) is 0 Å². The Bertz CT molecular complexity index is 278. The van der Waals surface area contributed by atoms with Gasteiger partial charge in [-0.15, -0.1) is 0 Å². The summed E-state index contributed by atoms with van der Waals surface area (Å²) in [5.74, 6) is 0. The first kappa shape index (κ1) is 13.4. The molecule has 0 spiro atoms. The molecule has 0 aromatic heterocycles. The van der Waals surface area contributed by atoms with Crippen molar-refractivity contribution >= 4 is 15.7 Å². The van der Waals surface area contributed by atoms with E-state index >= 15 is 0 Å². The molecular formula is C13H19B2N. The zero-order chi connectivity index (χ0) is 11.8. The lowest BCUT2D eigenvalue weighted by Crippen LogP contribution is -2.25. The van der Waals surface area contributed by atoms with Crippen LogP contribution in [0.5, 0.6) is 0 Å². The van der Waals surface area contributed by atoms with E-state index in [9.17, 15) is 0 Å². The molecule has 0 saturated carbocycles. The second kappa shape index (κ2) is 7.56. The summed E-state index contributed by atoms with van der Waals surface area (Å²) in [5, 5.41) is 0. The highest BCUT2D eigenvalue weighted by Gasteiger charge is 2.03. The molecule has 0 aliphatic carbocycles. The maximum atomic E-state index is 5.58. The minimum absolute atomic E-state index is 0.688. The Morgan fingerprint density at radius 2 is 1.44 bits per heavy atom. The molecule has 1 aromatic carbocycles. The van der Waals surface area contributed by atoms with Crippen LogP contribution >= 0.6 is 0 Å². The summed E-state index contributed by atoms with van der Waals surface area (Å²) in [6, 6.07) is 8.77. The summed E-state index contributed by atoms with van der Waals surface area (Å²) in [6.45, 7) is 4.93. The Morgan fingerprint density at radius 1 is 0.938 bits per heavy atom. The first-order valence-electron chi connectivity index (χ1n) is 6.00. The van der Waals surface area contributed by atoms with Crippen molar-refractivity contribution in [3.63, 3.8) is 0 Å². The van der Waals surface area contributed by atoms with Gasteiger partial charge in [0.15, 0.2) is 0 Å². The molecule has 82 valence electrons. The quantitative estimate of drug-likeness (QED) is 0.625. The van der Waals surface area contributed by atoms with Crippen LogP contribution in [0.3, 0.4) is 0 Å². The third kappa shape index (κ3) is 4.44. The number of hydrogen-bond donors (Lipinski definition) is 0. The summed E-state index contributed by atoms with van der Waals surface area (Å²) in [7, 11) is 11.2. The van der Waals surface area contributed by atoms with Crippen molar-refractivity contribution in [2.45, 2.75) is 32.5 Å². The third-order valence-electron chi connectivity index (χ3n) is 2.73. The van der Waals surface area contributed by atoms with E-state index in [2.05, 4.69) is 36.1 Å². The van der Waals surface area contributed by atoms with Crippen molar-refractivity contribution in [1.82, 2.24) is 4.90 Å². The van der Waals surface area contributed by atoms with Crippen molar-refractivity contribution in [3.8, 4) is 0 Å². The predicted octanol–water partition coefficient (Wildman–Crippen LogP) is 2.22. The summed E-state index contributed by atoms with van der Waals surface area (Å²) in [5.41, 5.74) is 2.71. The van der Waals surface area contributed by atoms with Gasteiger partial charge in [0.1, 0.15) is 0 Å². The van der Waals surface area contributed by atoms with E-state index in [0.29, 0.717) is 12.6 Å². The fraction of sp³-hybridized carbons (Fsp3) is 0.538. The molecule has 1 aromatic rings. The minimum Gasteiger partial charge on any atom is -0.301 e. The van der Waals surface area contributed by atoms with E-state index in [4.69, 9.17) is 15.7 Å². The number of rotatable bonds is 7. The molecule has 0 aliphatic rings. The molecule has 0 amide bonds. The lowest BCUT2D eigenvalue weighted by molar-refractivity contribution is 0.296. The maximum absolute atomic E-state index is 5.58. The van der Waals surface area contributed by atoms with Crippen molar-refractivity contribution < 1.29 is 0 Å². The Kier molecular flexibility index (Phi) is 6.32. The van der Waals surface area contributed by atoms with Crippen LogP contribution in [0, 0.1) is 0 Å². The van der Waals surface area contributed by atoms with Gasteiger partial charge in [-0.05, 0) is 30.6 Å². The van der Waals surface area contributed by atoms with Crippen LogP contribution in [-0.2, 0) is 13.0 Å². The monoisotopic (exact) mass is 211 g/mol. The molecule has 0 bridgehead atoms. The molecule has 16 heavy (non-hydrogen) atoms. The van der Waals surface area contributed by atoms with Gasteiger partial charge in [-0.1, -0.05) is 43.8 Å². The van der Waals surface area contributed by atoms with Gasteiger partial charge in [-0.3, -0.25) is 0 Å². The van der Waals surface area contributed by atoms with Gasteiger partial charge >= 0.3 is 0 Å². The summed E-state index contributed by atoms with van der Waals surface area (Å²) in [6.07, 6.45) is 2.47. The largest absolute Gasteiger partial charge is 0.301 e. The molecular weight excluding hydrogens is 192 g/mol. The second-order valence-electron chi connectivity index (χ2n) is 4.02. The van der Waals surface area contributed by atoms with Gasteiger partial charge in [-0.2, -0.15) is 0 Å². The maximum Gasteiger partial charge on any atom is 0.0670 e. The van der Waals surface area contributed by atoms with Crippen LogP contribution in [0.2, 0.25) is 12.6 Å². The van der Waals surface area contributed by atoms with Crippen LogP contribution in [0.15, 0.2) is 24.3 Å². The molecule has 0 heterocycles. The standard InChI is InChI=1S/C13H19B2N/c1-2-12-3-5-13(6-4-12)11-16(9-7-14)10-8-15/h3-6H,2,7-11H2,1H3. The van der Waals surface area contributed by atoms with Crippen molar-refractivity contribution in [1.29, 1.82) is 0 Å². The number of benzene rings is 1. The highest BCUT2D eigenvalue weighted by Crippen LogP contribution is 2.08. The van der Waals surface area contributed by atoms with Crippen LogP contribution in [0.1, 0.15) is 18.1 Å². The summed E-state index contributed by atoms with van der Waals surface area (Å²) >= 11 is 0. The SMILES string of the molecule is [B]CCN(CC[B])Cc1ccc(CC)cc1. The molecule has 1 nitrogen and oxygen atoms in total. The Hall–Kier alpha value is -0.690. The molecule has 0 aliphatic heterocycles. The first-order chi connectivity index (χ1) is 7.80. The fourth-order valence-electron chi connectivity index (χ4n) is 1.77. The fourth-order valence-corrected chi connectivity index (χ4v) is 1.77. The van der Waals surface area contributed by atoms with E-state index < -0.39 is 0 Å². The van der Waals surface area contributed by atoms with Crippen LogP contribution < -0.4 is 0 Å². The van der Waals surface area contributed by atoms with E-state index in [-0.39, 0.29) is 0 Å². The predicted molar refractivity (Wildman–Crippen MR) is 72.2 cm³/mol. The Balaban J connectivity index is 2.54. The van der Waals surface area contributed by atoms with Gasteiger partial charge in [0, 0.05) is 6.54 Å². The number of hydrogen-bond acceptors (Lipinski definition) is 1. The zero-order valence-corrected chi connectivity index (χ0v) is 10.2. The number of aryl methyl sites for hydroxylation is 1. The normalized spacial score (nSPS) is 10.9. The Labute approximate surface area is 102 Å². The molecule has 0 unspecified atom stereocenters. The topological polar surface area (TPSA) is 3.24 Å². The van der Waals surface area contributed by atoms with Crippen molar-refractivity contribution in [2.75, 3.05) is 13.1 Å². The molecule has 0 saturated heterocycles. The number of nitrogens with zero attached hydrogens (tertiary/aromatic N) is 1. The van der Waals surface area contributed by atoms with Crippen LogP contribution in [0.4, 0.5) is 0 Å². The second-order valence-corrected chi connectivity index (χ2v) is 4.02. The molecule has 0 atom stereocenters. The van der Waals surface area contributed by atoms with Gasteiger partial charge in [0.25, 0.3) is 0 Å². The van der Waals surface area contributed by atoms with E-state index in [0.717, 1.165) is 26.1 Å². The van der Waals surface area contributed by atoms with E-state index in [1.54, 1.807) is 0 Å². The highest BCUT2D eigenvalue weighted by molar-refractivity contribution is 6.09. The summed E-state index contributed by atoms with van der Waals surface area (Å²) in [4.78, 5) is 2.29. The lowest BCUT2D eigenvalue weighted by Gasteiger charge is -2.21. The van der Waals surface area contributed by atoms with Gasteiger partial charge in [0.05, 0.1) is 15.7 Å². The smallest absolute Gasteiger partial charge is 0.0670 e.